The lowest BCUT2D eigenvalue weighted by Crippen LogP contribution is -2.19. The fraction of sp³-hybridized carbons (Fsp3) is 0.0526. The predicted molar refractivity (Wildman–Crippen MR) is 109 cm³/mol. The van der Waals surface area contributed by atoms with Gasteiger partial charge in [0.05, 0.1) is 15.6 Å². The Labute approximate surface area is 165 Å². The van der Waals surface area contributed by atoms with E-state index in [1.807, 2.05) is 24.3 Å². The molecule has 0 atom stereocenters. The molecule has 4 nitrogen and oxygen atoms in total. The highest BCUT2D eigenvalue weighted by Gasteiger charge is 2.24. The quantitative estimate of drug-likeness (QED) is 0.532. The number of amidine groups is 1. The summed E-state index contributed by atoms with van der Waals surface area (Å²) in [4.78, 5) is 17.2. The average Bonchev–Trinajstić information content (AvgIpc) is 2.96. The molecule has 0 spiro atoms. The summed E-state index contributed by atoms with van der Waals surface area (Å²) in [6.45, 7) is 4.03. The number of thioether (sulfide) groups is 1. The predicted octanol–water partition coefficient (Wildman–Crippen LogP) is 5.45. The van der Waals surface area contributed by atoms with Crippen LogP contribution in [0.5, 0.6) is 5.75 Å². The van der Waals surface area contributed by atoms with E-state index in [4.69, 9.17) is 27.9 Å². The van der Waals surface area contributed by atoms with Crippen LogP contribution in [0.1, 0.15) is 5.56 Å². The number of aliphatic imine (C=N–C) groups is 1. The molecule has 0 unspecified atom stereocenters. The third-order valence-electron chi connectivity index (χ3n) is 3.34. The zero-order valence-electron chi connectivity index (χ0n) is 13.5. The average molecular weight is 405 g/mol. The molecule has 0 aliphatic carbocycles. The van der Waals surface area contributed by atoms with Crippen molar-refractivity contribution in [2.45, 2.75) is 0 Å². The van der Waals surface area contributed by atoms with Gasteiger partial charge in [0.1, 0.15) is 12.4 Å². The molecule has 7 heteroatoms. The summed E-state index contributed by atoms with van der Waals surface area (Å²) in [6.07, 6.45) is 3.44. The summed E-state index contributed by atoms with van der Waals surface area (Å²) in [6, 6.07) is 12.5. The molecule has 0 bridgehead atoms. The standard InChI is InChI=1S/C19H14Cl2N2O2S/c1-2-9-25-16-6-4-3-5-12(16)10-17-18(24)23-19(26-17)22-15-8-7-13(20)11-14(15)21/h2-8,10-11H,1,9H2,(H,22,23,24)/b17-10-. The Morgan fingerprint density at radius 3 is 2.81 bits per heavy atom. The Bertz CT molecular complexity index is 926. The van der Waals surface area contributed by atoms with Gasteiger partial charge in [-0.25, -0.2) is 4.99 Å². The van der Waals surface area contributed by atoms with Crippen LogP contribution in [-0.4, -0.2) is 17.7 Å². The van der Waals surface area contributed by atoms with E-state index in [-0.39, 0.29) is 5.91 Å². The van der Waals surface area contributed by atoms with Crippen molar-refractivity contribution in [3.63, 3.8) is 0 Å². The highest BCUT2D eigenvalue weighted by molar-refractivity contribution is 8.18. The first-order valence-corrected chi connectivity index (χ1v) is 9.21. The molecule has 0 aromatic heterocycles. The smallest absolute Gasteiger partial charge is 0.264 e. The molecular formula is C19H14Cl2N2O2S. The van der Waals surface area contributed by atoms with Crippen LogP contribution in [0.15, 0.2) is 65.0 Å². The summed E-state index contributed by atoms with van der Waals surface area (Å²) in [7, 11) is 0. The lowest BCUT2D eigenvalue weighted by Gasteiger charge is -2.06. The number of rotatable bonds is 5. The topological polar surface area (TPSA) is 50.7 Å². The first-order chi connectivity index (χ1) is 12.6. The van der Waals surface area contributed by atoms with Gasteiger partial charge in [0.15, 0.2) is 5.17 Å². The Balaban J connectivity index is 1.85. The fourth-order valence-electron chi connectivity index (χ4n) is 2.18. The molecule has 1 N–H and O–H groups in total. The van der Waals surface area contributed by atoms with Gasteiger partial charge in [0, 0.05) is 10.6 Å². The number of nitrogens with one attached hydrogen (secondary N) is 1. The number of carbonyl (C=O) groups excluding carboxylic acids is 1. The lowest BCUT2D eigenvalue weighted by molar-refractivity contribution is -0.115. The van der Waals surface area contributed by atoms with Crippen molar-refractivity contribution in [2.24, 2.45) is 4.99 Å². The molecule has 2 aromatic rings. The molecule has 1 amide bonds. The van der Waals surface area contributed by atoms with Crippen LogP contribution in [0, 0.1) is 0 Å². The largest absolute Gasteiger partial charge is 0.489 e. The van der Waals surface area contributed by atoms with E-state index in [1.165, 1.54) is 11.8 Å². The van der Waals surface area contributed by atoms with Crippen LogP contribution in [-0.2, 0) is 4.79 Å². The fourth-order valence-corrected chi connectivity index (χ4v) is 3.46. The number of ether oxygens (including phenoxy) is 1. The van der Waals surface area contributed by atoms with Crippen LogP contribution in [0.4, 0.5) is 5.69 Å². The van der Waals surface area contributed by atoms with Gasteiger partial charge in [-0.1, -0.05) is 54.1 Å². The van der Waals surface area contributed by atoms with Gasteiger partial charge >= 0.3 is 0 Å². The Morgan fingerprint density at radius 1 is 1.23 bits per heavy atom. The highest BCUT2D eigenvalue weighted by Crippen LogP contribution is 2.33. The van der Waals surface area contributed by atoms with Gasteiger partial charge in [0.25, 0.3) is 5.91 Å². The third-order valence-corrected chi connectivity index (χ3v) is 4.79. The molecule has 1 heterocycles. The number of para-hydroxylation sites is 1. The first kappa shape index (κ1) is 18.6. The maximum absolute atomic E-state index is 12.3. The number of nitrogens with zero attached hydrogens (tertiary/aromatic N) is 1. The summed E-state index contributed by atoms with van der Waals surface area (Å²) in [5, 5.41) is 4.13. The summed E-state index contributed by atoms with van der Waals surface area (Å²) < 4.78 is 5.62. The first-order valence-electron chi connectivity index (χ1n) is 7.64. The molecule has 1 aliphatic heterocycles. The zero-order chi connectivity index (χ0) is 18.5. The number of hydrogen-bond acceptors (Lipinski definition) is 4. The van der Waals surface area contributed by atoms with E-state index < -0.39 is 0 Å². The maximum atomic E-state index is 12.3. The SMILES string of the molecule is C=CCOc1ccccc1/C=C1\SC(=Nc2ccc(Cl)cc2Cl)NC1=O. The van der Waals surface area contributed by atoms with Crippen molar-refractivity contribution in [1.82, 2.24) is 5.32 Å². The number of halogens is 2. The van der Waals surface area contributed by atoms with Crippen LogP contribution in [0.3, 0.4) is 0 Å². The summed E-state index contributed by atoms with van der Waals surface area (Å²) >= 11 is 13.3. The Morgan fingerprint density at radius 2 is 2.04 bits per heavy atom. The van der Waals surface area contributed by atoms with Crippen molar-refractivity contribution in [3.05, 3.63) is 75.6 Å². The molecule has 26 heavy (non-hydrogen) atoms. The normalized spacial score (nSPS) is 16.8. The molecule has 1 fully saturated rings. The molecule has 3 rings (SSSR count). The lowest BCUT2D eigenvalue weighted by atomic mass is 10.2. The van der Waals surface area contributed by atoms with Gasteiger partial charge in [-0.2, -0.15) is 0 Å². The molecule has 1 saturated heterocycles. The number of carbonyl (C=O) groups is 1. The molecule has 0 radical (unpaired) electrons. The van der Waals surface area contributed by atoms with E-state index in [0.717, 1.165) is 5.56 Å². The Kier molecular flexibility index (Phi) is 6.04. The van der Waals surface area contributed by atoms with E-state index in [2.05, 4.69) is 16.9 Å². The minimum Gasteiger partial charge on any atom is -0.489 e. The van der Waals surface area contributed by atoms with Gasteiger partial charge in [0.2, 0.25) is 0 Å². The molecule has 2 aromatic carbocycles. The summed E-state index contributed by atoms with van der Waals surface area (Å²) in [5.41, 5.74) is 1.34. The molecular weight excluding hydrogens is 391 g/mol. The van der Waals surface area contributed by atoms with Crippen molar-refractivity contribution < 1.29 is 9.53 Å². The van der Waals surface area contributed by atoms with Gasteiger partial charge in [-0.05, 0) is 42.1 Å². The molecule has 0 saturated carbocycles. The van der Waals surface area contributed by atoms with Crippen LogP contribution < -0.4 is 10.1 Å². The van der Waals surface area contributed by atoms with Crippen molar-refractivity contribution in [3.8, 4) is 5.75 Å². The van der Waals surface area contributed by atoms with E-state index >= 15 is 0 Å². The third kappa shape index (κ3) is 4.49. The van der Waals surface area contributed by atoms with Crippen LogP contribution >= 0.6 is 35.0 Å². The number of amides is 1. The van der Waals surface area contributed by atoms with Gasteiger partial charge < -0.3 is 10.1 Å². The highest BCUT2D eigenvalue weighted by atomic mass is 35.5. The maximum Gasteiger partial charge on any atom is 0.264 e. The summed E-state index contributed by atoms with van der Waals surface area (Å²) in [5.74, 6) is 0.455. The minimum atomic E-state index is -0.225. The van der Waals surface area contributed by atoms with Gasteiger partial charge in [-0.3, -0.25) is 4.79 Å². The minimum absolute atomic E-state index is 0.225. The molecule has 132 valence electrons. The van der Waals surface area contributed by atoms with Crippen LogP contribution in [0.25, 0.3) is 6.08 Å². The van der Waals surface area contributed by atoms with Crippen LogP contribution in [0.2, 0.25) is 10.0 Å². The van der Waals surface area contributed by atoms with Crippen molar-refractivity contribution in [2.75, 3.05) is 6.61 Å². The Hall–Kier alpha value is -2.21. The second-order valence-electron chi connectivity index (χ2n) is 5.21. The van der Waals surface area contributed by atoms with Crippen molar-refractivity contribution in [1.29, 1.82) is 0 Å². The second kappa shape index (κ2) is 8.45. The number of hydrogen-bond donors (Lipinski definition) is 1. The van der Waals surface area contributed by atoms with E-state index in [9.17, 15) is 4.79 Å². The van der Waals surface area contributed by atoms with Gasteiger partial charge in [-0.15, -0.1) is 0 Å². The van der Waals surface area contributed by atoms with E-state index in [0.29, 0.717) is 38.2 Å². The second-order valence-corrected chi connectivity index (χ2v) is 7.09. The zero-order valence-corrected chi connectivity index (χ0v) is 15.9. The monoisotopic (exact) mass is 404 g/mol. The molecule has 1 aliphatic rings. The van der Waals surface area contributed by atoms with Crippen molar-refractivity contribution >= 4 is 57.8 Å². The van der Waals surface area contributed by atoms with E-state index in [1.54, 1.807) is 30.4 Å². The number of benzene rings is 2.